The molecule has 0 bridgehead atoms. The van der Waals surface area contributed by atoms with Crippen molar-refractivity contribution in [1.29, 1.82) is 0 Å². The molecular weight excluding hydrogens is 244 g/mol. The monoisotopic (exact) mass is 260 g/mol. The third-order valence-electron chi connectivity index (χ3n) is 2.49. The Bertz CT molecular complexity index is 623. The molecule has 1 amide bonds. The van der Waals surface area contributed by atoms with Gasteiger partial charge in [-0.25, -0.2) is 4.79 Å². The second-order valence-corrected chi connectivity index (χ2v) is 5.25. The fourth-order valence-corrected chi connectivity index (χ4v) is 1.75. The molecule has 0 aliphatic carbocycles. The van der Waals surface area contributed by atoms with Crippen molar-refractivity contribution in [3.8, 4) is 0 Å². The molecule has 19 heavy (non-hydrogen) atoms. The quantitative estimate of drug-likeness (QED) is 0.813. The third-order valence-corrected chi connectivity index (χ3v) is 2.49. The van der Waals surface area contributed by atoms with Gasteiger partial charge in [0, 0.05) is 28.4 Å². The zero-order valence-electron chi connectivity index (χ0n) is 11.1. The highest BCUT2D eigenvalue weighted by Crippen LogP contribution is 2.21. The zero-order chi connectivity index (χ0) is 14.0. The Labute approximate surface area is 110 Å². The summed E-state index contributed by atoms with van der Waals surface area (Å²) in [6.45, 7) is 5.41. The highest BCUT2D eigenvalue weighted by atomic mass is 16.6. The number of fused-ring (bicyclic) bond motifs is 1. The predicted molar refractivity (Wildman–Crippen MR) is 73.5 cm³/mol. The van der Waals surface area contributed by atoms with Gasteiger partial charge < -0.3 is 9.72 Å². The Kier molecular flexibility index (Phi) is 3.29. The van der Waals surface area contributed by atoms with Crippen molar-refractivity contribution in [3.63, 3.8) is 0 Å². The summed E-state index contributed by atoms with van der Waals surface area (Å²) >= 11 is 0. The van der Waals surface area contributed by atoms with Crippen LogP contribution in [0.25, 0.3) is 10.9 Å². The molecule has 0 spiro atoms. The van der Waals surface area contributed by atoms with Crippen LogP contribution in [0.5, 0.6) is 0 Å². The molecule has 0 aliphatic heterocycles. The first kappa shape index (κ1) is 13.1. The Morgan fingerprint density at radius 3 is 2.74 bits per heavy atom. The number of aromatic nitrogens is 1. The summed E-state index contributed by atoms with van der Waals surface area (Å²) in [6.07, 6.45) is 1.92. The van der Waals surface area contributed by atoms with Gasteiger partial charge in [-0.05, 0) is 32.9 Å². The number of aldehydes is 1. The second kappa shape index (κ2) is 4.76. The molecule has 0 saturated carbocycles. The molecule has 2 aromatic rings. The highest BCUT2D eigenvalue weighted by Gasteiger charge is 2.16. The first-order valence-corrected chi connectivity index (χ1v) is 5.95. The van der Waals surface area contributed by atoms with Gasteiger partial charge in [0.2, 0.25) is 0 Å². The van der Waals surface area contributed by atoms with E-state index in [1.54, 1.807) is 45.2 Å². The minimum absolute atomic E-state index is 0.506. The molecular formula is C14H16N2O3. The molecule has 2 rings (SSSR count). The summed E-state index contributed by atoms with van der Waals surface area (Å²) in [4.78, 5) is 25.4. The predicted octanol–water partition coefficient (Wildman–Crippen LogP) is 3.33. The van der Waals surface area contributed by atoms with Gasteiger partial charge in [-0.2, -0.15) is 0 Å². The van der Waals surface area contributed by atoms with Gasteiger partial charge in [0.05, 0.1) is 0 Å². The topological polar surface area (TPSA) is 71.2 Å². The average molecular weight is 260 g/mol. The summed E-state index contributed by atoms with van der Waals surface area (Å²) in [5.74, 6) is 0. The number of ether oxygens (including phenoxy) is 1. The minimum atomic E-state index is -0.536. The number of benzene rings is 1. The standard InChI is InChI=1S/C14H16N2O3/c1-14(2,3)19-13(18)16-10-4-5-11-9(8-17)7-15-12(11)6-10/h4-8,15H,1-3H3,(H,16,18). The Hall–Kier alpha value is -2.30. The van der Waals surface area contributed by atoms with Gasteiger partial charge in [-0.3, -0.25) is 10.1 Å². The van der Waals surface area contributed by atoms with Crippen LogP contribution in [0, 0.1) is 0 Å². The molecule has 0 aliphatic rings. The number of carbonyl (C=O) groups excluding carboxylic acids is 2. The van der Waals surface area contributed by atoms with E-state index in [9.17, 15) is 9.59 Å². The van der Waals surface area contributed by atoms with E-state index in [1.165, 1.54) is 0 Å². The Morgan fingerprint density at radius 1 is 1.37 bits per heavy atom. The van der Waals surface area contributed by atoms with Gasteiger partial charge in [0.25, 0.3) is 0 Å². The molecule has 2 N–H and O–H groups in total. The summed E-state index contributed by atoms with van der Waals surface area (Å²) < 4.78 is 5.16. The molecule has 1 aromatic carbocycles. The van der Waals surface area contributed by atoms with E-state index in [2.05, 4.69) is 10.3 Å². The molecule has 1 aromatic heterocycles. The van der Waals surface area contributed by atoms with Crippen LogP contribution in [-0.4, -0.2) is 23.0 Å². The van der Waals surface area contributed by atoms with Crippen LogP contribution in [-0.2, 0) is 4.74 Å². The Balaban J connectivity index is 2.18. The first-order valence-electron chi connectivity index (χ1n) is 5.95. The molecule has 0 unspecified atom stereocenters. The van der Waals surface area contributed by atoms with Crippen LogP contribution in [0.15, 0.2) is 24.4 Å². The average Bonchev–Trinajstić information content (AvgIpc) is 2.68. The highest BCUT2D eigenvalue weighted by molar-refractivity contribution is 5.99. The van der Waals surface area contributed by atoms with E-state index >= 15 is 0 Å². The molecule has 0 atom stereocenters. The lowest BCUT2D eigenvalue weighted by Crippen LogP contribution is -2.27. The molecule has 0 radical (unpaired) electrons. The summed E-state index contributed by atoms with van der Waals surface area (Å²) in [6, 6.07) is 5.27. The molecule has 0 fully saturated rings. The summed E-state index contributed by atoms with van der Waals surface area (Å²) in [5.41, 5.74) is 1.46. The van der Waals surface area contributed by atoms with Crippen molar-refractivity contribution in [1.82, 2.24) is 4.98 Å². The second-order valence-electron chi connectivity index (χ2n) is 5.25. The largest absolute Gasteiger partial charge is 0.444 e. The summed E-state index contributed by atoms with van der Waals surface area (Å²) in [7, 11) is 0. The van der Waals surface area contributed by atoms with Crippen LogP contribution >= 0.6 is 0 Å². The number of aromatic amines is 1. The lowest BCUT2D eigenvalue weighted by Gasteiger charge is -2.19. The number of amides is 1. The number of hydrogen-bond donors (Lipinski definition) is 2. The molecule has 5 heteroatoms. The number of rotatable bonds is 2. The number of carbonyl (C=O) groups is 2. The van der Waals surface area contributed by atoms with E-state index in [4.69, 9.17) is 4.74 Å². The first-order chi connectivity index (χ1) is 8.89. The lowest BCUT2D eigenvalue weighted by atomic mass is 10.2. The van der Waals surface area contributed by atoms with Gasteiger partial charge >= 0.3 is 6.09 Å². The number of anilines is 1. The van der Waals surface area contributed by atoms with Crippen molar-refractivity contribution in [2.24, 2.45) is 0 Å². The van der Waals surface area contributed by atoms with Crippen LogP contribution in [0.3, 0.4) is 0 Å². The maximum atomic E-state index is 11.6. The van der Waals surface area contributed by atoms with E-state index in [-0.39, 0.29) is 0 Å². The maximum absolute atomic E-state index is 11.6. The van der Waals surface area contributed by atoms with Crippen molar-refractivity contribution >= 4 is 29.0 Å². The lowest BCUT2D eigenvalue weighted by molar-refractivity contribution is 0.0636. The van der Waals surface area contributed by atoms with Crippen LogP contribution in [0.1, 0.15) is 31.1 Å². The normalized spacial score (nSPS) is 11.3. The SMILES string of the molecule is CC(C)(C)OC(=O)Nc1ccc2c(C=O)c[nH]c2c1. The van der Waals surface area contributed by atoms with Gasteiger partial charge in [0.1, 0.15) is 5.60 Å². The minimum Gasteiger partial charge on any atom is -0.444 e. The fraction of sp³-hybridized carbons (Fsp3) is 0.286. The molecule has 100 valence electrons. The van der Waals surface area contributed by atoms with Crippen molar-refractivity contribution in [2.45, 2.75) is 26.4 Å². The Morgan fingerprint density at radius 2 is 2.11 bits per heavy atom. The third kappa shape index (κ3) is 3.13. The van der Waals surface area contributed by atoms with Crippen LogP contribution in [0.2, 0.25) is 0 Å². The number of hydrogen-bond acceptors (Lipinski definition) is 3. The maximum Gasteiger partial charge on any atom is 0.412 e. The summed E-state index contributed by atoms with van der Waals surface area (Å²) in [5, 5.41) is 3.47. The van der Waals surface area contributed by atoms with Crippen LogP contribution in [0.4, 0.5) is 10.5 Å². The van der Waals surface area contributed by atoms with Crippen molar-refractivity contribution in [3.05, 3.63) is 30.0 Å². The van der Waals surface area contributed by atoms with E-state index in [0.717, 1.165) is 17.2 Å². The van der Waals surface area contributed by atoms with Crippen molar-refractivity contribution < 1.29 is 14.3 Å². The van der Waals surface area contributed by atoms with E-state index < -0.39 is 11.7 Å². The molecule has 1 heterocycles. The number of H-pyrrole nitrogens is 1. The molecule has 5 nitrogen and oxygen atoms in total. The number of nitrogens with one attached hydrogen (secondary N) is 2. The smallest absolute Gasteiger partial charge is 0.412 e. The van der Waals surface area contributed by atoms with Crippen molar-refractivity contribution in [2.75, 3.05) is 5.32 Å². The van der Waals surface area contributed by atoms with E-state index in [0.29, 0.717) is 11.3 Å². The van der Waals surface area contributed by atoms with E-state index in [1.807, 2.05) is 0 Å². The van der Waals surface area contributed by atoms with Gasteiger partial charge in [-0.1, -0.05) is 6.07 Å². The van der Waals surface area contributed by atoms with Gasteiger partial charge in [-0.15, -0.1) is 0 Å². The van der Waals surface area contributed by atoms with Crippen LogP contribution < -0.4 is 5.32 Å². The zero-order valence-corrected chi connectivity index (χ0v) is 11.1. The van der Waals surface area contributed by atoms with Gasteiger partial charge in [0.15, 0.2) is 6.29 Å². The molecule has 0 saturated heterocycles. The fourth-order valence-electron chi connectivity index (χ4n) is 1.75.